The molecule has 0 saturated heterocycles. The average molecular weight is 605 g/mol. The summed E-state index contributed by atoms with van der Waals surface area (Å²) in [7, 11) is 7.42. The summed E-state index contributed by atoms with van der Waals surface area (Å²) in [6, 6.07) is 17.4. The molecule has 43 heavy (non-hydrogen) atoms. The fourth-order valence-electron chi connectivity index (χ4n) is 5.28. The number of amides is 4. The molecule has 4 rings (SSSR count). The second kappa shape index (κ2) is 14.3. The van der Waals surface area contributed by atoms with Crippen molar-refractivity contribution < 1.29 is 19.2 Å². The number of halogens is 1. The minimum absolute atomic E-state index is 0.0451. The summed E-state index contributed by atoms with van der Waals surface area (Å²) in [6.45, 7) is 0.786. The molecule has 226 valence electrons. The number of carbonyl (C=O) groups is 4. The van der Waals surface area contributed by atoms with Gasteiger partial charge in [-0.1, -0.05) is 48.0 Å². The number of hydrogen-bond donors (Lipinski definition) is 3. The molecular weight excluding hydrogens is 568 g/mol. The van der Waals surface area contributed by atoms with Crippen molar-refractivity contribution in [2.24, 2.45) is 5.92 Å². The molecule has 0 bridgehead atoms. The van der Waals surface area contributed by atoms with E-state index in [0.29, 0.717) is 29.8 Å². The predicted molar refractivity (Wildman–Crippen MR) is 166 cm³/mol. The Labute approximate surface area is 256 Å². The van der Waals surface area contributed by atoms with E-state index >= 15 is 0 Å². The van der Waals surface area contributed by atoms with Gasteiger partial charge in [-0.3, -0.25) is 19.2 Å². The molecule has 1 heterocycles. The van der Waals surface area contributed by atoms with Crippen LogP contribution < -0.4 is 16.0 Å². The Bertz CT molecular complexity index is 1460. The van der Waals surface area contributed by atoms with Gasteiger partial charge in [0.15, 0.2) is 0 Å². The average Bonchev–Trinajstić information content (AvgIpc) is 2.98. The number of aromatic nitrogens is 1. The lowest BCUT2D eigenvalue weighted by Gasteiger charge is -2.37. The van der Waals surface area contributed by atoms with Gasteiger partial charge in [0, 0.05) is 44.4 Å². The van der Waals surface area contributed by atoms with Crippen LogP contribution in [0.2, 0.25) is 5.02 Å². The van der Waals surface area contributed by atoms with E-state index in [1.54, 1.807) is 32.3 Å². The summed E-state index contributed by atoms with van der Waals surface area (Å²) >= 11 is 5.84. The molecule has 3 atom stereocenters. The van der Waals surface area contributed by atoms with Crippen LogP contribution in [-0.4, -0.2) is 78.7 Å². The summed E-state index contributed by atoms with van der Waals surface area (Å²) in [5, 5.41) is 8.61. The molecular formula is C32H37ClN6O4. The topological polar surface area (TPSA) is 124 Å². The summed E-state index contributed by atoms with van der Waals surface area (Å²) in [6.07, 6.45) is 2.60. The highest BCUT2D eigenvalue weighted by Gasteiger charge is 2.37. The van der Waals surface area contributed by atoms with Crippen molar-refractivity contribution in [1.82, 2.24) is 25.4 Å². The number of nitrogens with one attached hydrogen (secondary N) is 3. The first-order valence-corrected chi connectivity index (χ1v) is 14.5. The van der Waals surface area contributed by atoms with Crippen molar-refractivity contribution in [2.45, 2.75) is 37.9 Å². The van der Waals surface area contributed by atoms with Crippen LogP contribution in [0.3, 0.4) is 0 Å². The van der Waals surface area contributed by atoms with E-state index in [9.17, 15) is 19.2 Å². The smallest absolute Gasteiger partial charge is 0.314 e. The molecule has 3 N–H and O–H groups in total. The molecule has 1 aliphatic rings. The highest BCUT2D eigenvalue weighted by molar-refractivity contribution is 6.39. The zero-order valence-corrected chi connectivity index (χ0v) is 25.5. The van der Waals surface area contributed by atoms with E-state index in [4.69, 9.17) is 11.6 Å². The van der Waals surface area contributed by atoms with Crippen LogP contribution in [0.15, 0.2) is 66.9 Å². The summed E-state index contributed by atoms with van der Waals surface area (Å²) in [5.41, 5.74) is 3.72. The molecule has 10 nitrogen and oxygen atoms in total. The van der Waals surface area contributed by atoms with Crippen molar-refractivity contribution in [3.8, 4) is 11.1 Å². The predicted octanol–water partition coefficient (Wildman–Crippen LogP) is 3.57. The molecule has 1 aliphatic carbocycles. The Kier molecular flexibility index (Phi) is 10.5. The largest absolute Gasteiger partial charge is 0.349 e. The third-order valence-corrected chi connectivity index (χ3v) is 7.63. The van der Waals surface area contributed by atoms with Gasteiger partial charge in [0.25, 0.3) is 5.91 Å². The minimum atomic E-state index is -0.892. The number of carbonyl (C=O) groups excluding carboxylic acids is 4. The van der Waals surface area contributed by atoms with Gasteiger partial charge >= 0.3 is 11.8 Å². The quantitative estimate of drug-likeness (QED) is 0.338. The first-order valence-electron chi connectivity index (χ1n) is 14.1. The normalized spacial score (nSPS) is 18.0. The summed E-state index contributed by atoms with van der Waals surface area (Å²) < 4.78 is 0. The van der Waals surface area contributed by atoms with Crippen LogP contribution in [0.1, 0.15) is 35.2 Å². The Morgan fingerprint density at radius 2 is 1.58 bits per heavy atom. The van der Waals surface area contributed by atoms with Gasteiger partial charge in [0.1, 0.15) is 5.82 Å². The molecule has 4 amide bonds. The van der Waals surface area contributed by atoms with E-state index < -0.39 is 23.9 Å². The van der Waals surface area contributed by atoms with E-state index in [-0.39, 0.29) is 23.6 Å². The Balaban J connectivity index is 1.47. The molecule has 0 radical (unpaired) electrons. The first kappa shape index (κ1) is 31.7. The number of pyridine rings is 1. The van der Waals surface area contributed by atoms with E-state index in [2.05, 4.69) is 38.0 Å². The Morgan fingerprint density at radius 1 is 0.860 bits per heavy atom. The number of benzene rings is 2. The molecule has 3 aromatic rings. The highest BCUT2D eigenvalue weighted by Crippen LogP contribution is 2.28. The third kappa shape index (κ3) is 8.39. The van der Waals surface area contributed by atoms with Crippen LogP contribution in [0, 0.1) is 5.92 Å². The van der Waals surface area contributed by atoms with Gasteiger partial charge in [-0.2, -0.15) is 0 Å². The van der Waals surface area contributed by atoms with Crippen molar-refractivity contribution >= 4 is 41.0 Å². The summed E-state index contributed by atoms with van der Waals surface area (Å²) in [5.74, 6) is -2.27. The number of hydrogen-bond acceptors (Lipinski definition) is 6. The van der Waals surface area contributed by atoms with Crippen LogP contribution in [0.5, 0.6) is 0 Å². The zero-order chi connectivity index (χ0) is 31.1. The fraction of sp³-hybridized carbons (Fsp3) is 0.344. The van der Waals surface area contributed by atoms with Gasteiger partial charge in [-0.05, 0) is 74.3 Å². The van der Waals surface area contributed by atoms with E-state index in [1.807, 2.05) is 38.4 Å². The maximum atomic E-state index is 13.4. The molecule has 1 fully saturated rings. The fourth-order valence-corrected chi connectivity index (χ4v) is 5.39. The zero-order valence-electron chi connectivity index (χ0n) is 24.8. The standard InChI is InChI=1S/C32H37ClN6O4/c1-38(2)19-23-7-5-6-8-25(23)20-9-11-21(12-10-20)29(40)36-27-17-22(32(43)39(3)4)13-15-26(27)35-30(41)31(42)37-28-16-14-24(33)18-34-28/h5-12,14,16,18,22,26-27H,13,15,17,19H2,1-4H3,(H,35,41)(H,36,40)(H,34,37,42)/t22-,26-,27+/m0/s1. The first-order chi connectivity index (χ1) is 20.5. The van der Waals surface area contributed by atoms with Gasteiger partial charge in [0.2, 0.25) is 5.91 Å². The third-order valence-electron chi connectivity index (χ3n) is 7.41. The molecule has 1 aromatic heterocycles. The molecule has 0 spiro atoms. The monoisotopic (exact) mass is 604 g/mol. The van der Waals surface area contributed by atoms with Crippen molar-refractivity contribution in [1.29, 1.82) is 0 Å². The summed E-state index contributed by atoms with van der Waals surface area (Å²) in [4.78, 5) is 59.2. The number of anilines is 1. The maximum absolute atomic E-state index is 13.4. The lowest BCUT2D eigenvalue weighted by atomic mass is 9.81. The van der Waals surface area contributed by atoms with Gasteiger partial charge in [0.05, 0.1) is 11.1 Å². The maximum Gasteiger partial charge on any atom is 0.314 e. The lowest BCUT2D eigenvalue weighted by molar-refractivity contribution is -0.137. The SMILES string of the molecule is CN(C)Cc1ccccc1-c1ccc(C(=O)N[C@@H]2C[C@@H](C(=O)N(C)C)CC[C@@H]2NC(=O)C(=O)Nc2ccc(Cl)cn2)cc1. The van der Waals surface area contributed by atoms with Crippen molar-refractivity contribution in [3.05, 3.63) is 83.0 Å². The molecule has 1 saturated carbocycles. The van der Waals surface area contributed by atoms with E-state index in [0.717, 1.165) is 17.7 Å². The van der Waals surface area contributed by atoms with Crippen LogP contribution in [-0.2, 0) is 20.9 Å². The van der Waals surface area contributed by atoms with Crippen LogP contribution >= 0.6 is 11.6 Å². The van der Waals surface area contributed by atoms with Crippen LogP contribution in [0.25, 0.3) is 11.1 Å². The molecule has 0 unspecified atom stereocenters. The van der Waals surface area contributed by atoms with Gasteiger partial charge in [-0.25, -0.2) is 4.98 Å². The lowest BCUT2D eigenvalue weighted by Crippen LogP contribution is -2.57. The van der Waals surface area contributed by atoms with Gasteiger partial charge in [-0.15, -0.1) is 0 Å². The number of nitrogens with zero attached hydrogens (tertiary/aromatic N) is 3. The van der Waals surface area contributed by atoms with Crippen molar-refractivity contribution in [3.63, 3.8) is 0 Å². The molecule has 11 heteroatoms. The molecule has 0 aliphatic heterocycles. The second-order valence-corrected chi connectivity index (χ2v) is 11.6. The molecule has 2 aromatic carbocycles. The van der Waals surface area contributed by atoms with Crippen LogP contribution in [0.4, 0.5) is 5.82 Å². The highest BCUT2D eigenvalue weighted by atomic mass is 35.5. The van der Waals surface area contributed by atoms with Gasteiger partial charge < -0.3 is 25.8 Å². The second-order valence-electron chi connectivity index (χ2n) is 11.2. The number of rotatable bonds is 8. The Hall–Kier alpha value is -4.28. The minimum Gasteiger partial charge on any atom is -0.349 e. The van der Waals surface area contributed by atoms with E-state index in [1.165, 1.54) is 22.7 Å². The Morgan fingerprint density at radius 3 is 2.23 bits per heavy atom. The van der Waals surface area contributed by atoms with Crippen molar-refractivity contribution in [2.75, 3.05) is 33.5 Å².